The topological polar surface area (TPSA) is 72.8 Å². The van der Waals surface area contributed by atoms with Crippen molar-refractivity contribution in [3.63, 3.8) is 0 Å². The molecule has 3 saturated carbocycles. The third-order valence-electron chi connectivity index (χ3n) is 9.72. The zero-order chi connectivity index (χ0) is 22.4. The second kappa shape index (κ2) is 8.20. The summed E-state index contributed by atoms with van der Waals surface area (Å²) in [5, 5.41) is 12.4. The molecule has 1 N–H and O–H groups in total. The summed E-state index contributed by atoms with van der Waals surface area (Å²) in [7, 11) is 0. The molecule has 0 saturated heterocycles. The molecule has 5 nitrogen and oxygen atoms in total. The van der Waals surface area contributed by atoms with E-state index in [1.807, 2.05) is 0 Å². The van der Waals surface area contributed by atoms with Gasteiger partial charge >= 0.3 is 11.9 Å². The standard InChI is InChI=1S/C26H40O5/c1-17-14-21(31-18(2)27)23-24(3,20-8-5-6-9-20)11-7-12-25(23,4)26(17,29)13-10-19-15-22(28)30-16-19/h15,17,20-21,23,29H,5-14,16H2,1-4H3/t17-,21-,23+,24+,25+,26-/m1/s1. The summed E-state index contributed by atoms with van der Waals surface area (Å²) in [6.07, 6.45) is 11.7. The van der Waals surface area contributed by atoms with Crippen LogP contribution in [-0.4, -0.2) is 35.4 Å². The third kappa shape index (κ3) is 3.75. The Kier molecular flexibility index (Phi) is 6.04. The lowest BCUT2D eigenvalue weighted by Crippen LogP contribution is -2.68. The van der Waals surface area contributed by atoms with E-state index >= 15 is 0 Å². The highest BCUT2D eigenvalue weighted by Crippen LogP contribution is 2.67. The minimum atomic E-state index is -0.860. The lowest BCUT2D eigenvalue weighted by atomic mass is 9.41. The molecule has 0 aromatic rings. The van der Waals surface area contributed by atoms with Gasteiger partial charge in [-0.05, 0) is 67.8 Å². The normalized spacial score (nSPS) is 43.3. The van der Waals surface area contributed by atoms with Crippen LogP contribution in [0.25, 0.3) is 0 Å². The van der Waals surface area contributed by atoms with Crippen molar-refractivity contribution in [2.45, 2.75) is 104 Å². The van der Waals surface area contributed by atoms with Crippen molar-refractivity contribution >= 4 is 11.9 Å². The first-order valence-electron chi connectivity index (χ1n) is 12.4. The summed E-state index contributed by atoms with van der Waals surface area (Å²) in [6.45, 7) is 8.66. The molecule has 0 bridgehead atoms. The summed E-state index contributed by atoms with van der Waals surface area (Å²) in [5.41, 5.74) is -0.142. The quantitative estimate of drug-likeness (QED) is 0.622. The van der Waals surface area contributed by atoms with Crippen LogP contribution in [0.4, 0.5) is 0 Å². The molecule has 0 radical (unpaired) electrons. The molecule has 174 valence electrons. The number of fused-ring (bicyclic) bond motifs is 1. The Morgan fingerprint density at radius 3 is 2.55 bits per heavy atom. The molecule has 3 aliphatic carbocycles. The van der Waals surface area contributed by atoms with Gasteiger partial charge in [0.05, 0.1) is 5.60 Å². The molecule has 3 fully saturated rings. The van der Waals surface area contributed by atoms with Gasteiger partial charge in [0.25, 0.3) is 0 Å². The highest BCUT2D eigenvalue weighted by molar-refractivity contribution is 5.85. The van der Waals surface area contributed by atoms with Gasteiger partial charge in [-0.2, -0.15) is 0 Å². The van der Waals surface area contributed by atoms with Crippen LogP contribution in [0.5, 0.6) is 0 Å². The molecule has 1 heterocycles. The van der Waals surface area contributed by atoms with Crippen LogP contribution in [-0.2, 0) is 19.1 Å². The number of rotatable bonds is 5. The van der Waals surface area contributed by atoms with Gasteiger partial charge < -0.3 is 14.6 Å². The van der Waals surface area contributed by atoms with Crippen molar-refractivity contribution in [2.24, 2.45) is 28.6 Å². The maximum atomic E-state index is 12.4. The maximum absolute atomic E-state index is 12.4. The number of cyclic esters (lactones) is 1. The van der Waals surface area contributed by atoms with E-state index in [0.29, 0.717) is 31.8 Å². The van der Waals surface area contributed by atoms with Gasteiger partial charge in [-0.1, -0.05) is 40.0 Å². The molecule has 0 spiro atoms. The first-order chi connectivity index (χ1) is 14.6. The Bertz CT molecular complexity index is 753. The number of carbonyl (C=O) groups is 2. The molecule has 5 heteroatoms. The van der Waals surface area contributed by atoms with Crippen LogP contribution in [0.3, 0.4) is 0 Å². The van der Waals surface area contributed by atoms with Crippen molar-refractivity contribution < 1.29 is 24.2 Å². The molecule has 0 amide bonds. The van der Waals surface area contributed by atoms with Crippen LogP contribution >= 0.6 is 0 Å². The first-order valence-corrected chi connectivity index (χ1v) is 12.4. The Morgan fingerprint density at radius 1 is 1.23 bits per heavy atom. The maximum Gasteiger partial charge on any atom is 0.331 e. The Balaban J connectivity index is 1.70. The first kappa shape index (κ1) is 22.8. The second-order valence-electron chi connectivity index (χ2n) is 11.4. The number of carbonyl (C=O) groups excluding carboxylic acids is 2. The fourth-order valence-corrected chi connectivity index (χ4v) is 8.25. The molecule has 0 aromatic heterocycles. The summed E-state index contributed by atoms with van der Waals surface area (Å²) in [4.78, 5) is 23.6. The Labute approximate surface area is 186 Å². The minimum absolute atomic E-state index is 0.0163. The molecule has 4 aliphatic rings. The zero-order valence-electron chi connectivity index (χ0n) is 19.7. The second-order valence-corrected chi connectivity index (χ2v) is 11.4. The van der Waals surface area contributed by atoms with E-state index < -0.39 is 5.60 Å². The van der Waals surface area contributed by atoms with Gasteiger partial charge in [0.1, 0.15) is 12.7 Å². The monoisotopic (exact) mass is 432 g/mol. The number of hydrogen-bond acceptors (Lipinski definition) is 5. The molecular weight excluding hydrogens is 392 g/mol. The highest BCUT2D eigenvalue weighted by atomic mass is 16.5. The predicted molar refractivity (Wildman–Crippen MR) is 118 cm³/mol. The lowest BCUT2D eigenvalue weighted by Gasteiger charge is -2.66. The molecule has 0 aromatic carbocycles. The van der Waals surface area contributed by atoms with Crippen molar-refractivity contribution in [3.05, 3.63) is 11.6 Å². The summed E-state index contributed by atoms with van der Waals surface area (Å²) >= 11 is 0. The van der Waals surface area contributed by atoms with Crippen molar-refractivity contribution in [3.8, 4) is 0 Å². The van der Waals surface area contributed by atoms with Gasteiger partial charge in [-0.25, -0.2) is 4.79 Å². The summed E-state index contributed by atoms with van der Waals surface area (Å²) < 4.78 is 11.1. The van der Waals surface area contributed by atoms with Gasteiger partial charge in [0, 0.05) is 24.3 Å². The molecule has 4 rings (SSSR count). The average Bonchev–Trinajstić information content (AvgIpc) is 3.36. The van der Waals surface area contributed by atoms with E-state index in [2.05, 4.69) is 20.8 Å². The fraction of sp³-hybridized carbons (Fsp3) is 0.846. The van der Waals surface area contributed by atoms with Gasteiger partial charge in [-0.3, -0.25) is 4.79 Å². The SMILES string of the molecule is CC(=O)O[C@@H]1C[C@@H](C)[C@](O)(CCC2=CC(=O)OC2)[C@@]2(C)CCC[C@@](C)(C3CCCC3)[C@H]12. The number of ether oxygens (including phenoxy) is 2. The predicted octanol–water partition coefficient (Wildman–Crippen LogP) is 4.96. The zero-order valence-corrected chi connectivity index (χ0v) is 19.7. The van der Waals surface area contributed by atoms with Crippen molar-refractivity contribution in [2.75, 3.05) is 6.61 Å². The van der Waals surface area contributed by atoms with Crippen molar-refractivity contribution in [1.29, 1.82) is 0 Å². The largest absolute Gasteiger partial charge is 0.462 e. The van der Waals surface area contributed by atoms with Gasteiger partial charge in [0.2, 0.25) is 0 Å². The molecule has 0 unspecified atom stereocenters. The number of aliphatic hydroxyl groups is 1. The van der Waals surface area contributed by atoms with E-state index in [1.165, 1.54) is 32.6 Å². The smallest absolute Gasteiger partial charge is 0.331 e. The third-order valence-corrected chi connectivity index (χ3v) is 9.72. The van der Waals surface area contributed by atoms with E-state index in [9.17, 15) is 14.7 Å². The van der Waals surface area contributed by atoms with Crippen molar-refractivity contribution in [1.82, 2.24) is 0 Å². The average molecular weight is 433 g/mol. The molecular formula is C26H40O5. The van der Waals surface area contributed by atoms with E-state index in [0.717, 1.165) is 24.8 Å². The molecule has 1 aliphatic heterocycles. The van der Waals surface area contributed by atoms with Gasteiger partial charge in [0.15, 0.2) is 0 Å². The van der Waals surface area contributed by atoms with Crippen LogP contribution in [0.15, 0.2) is 11.6 Å². The summed E-state index contributed by atoms with van der Waals surface area (Å²) in [6, 6.07) is 0. The molecule has 6 atom stereocenters. The van der Waals surface area contributed by atoms with E-state index in [1.54, 1.807) is 6.08 Å². The van der Waals surface area contributed by atoms with Gasteiger partial charge in [-0.15, -0.1) is 0 Å². The fourth-order valence-electron chi connectivity index (χ4n) is 8.25. The number of esters is 2. The Hall–Kier alpha value is -1.36. The highest BCUT2D eigenvalue weighted by Gasteiger charge is 2.67. The Morgan fingerprint density at radius 2 is 1.94 bits per heavy atom. The van der Waals surface area contributed by atoms with Crippen LogP contribution in [0.2, 0.25) is 0 Å². The lowest BCUT2D eigenvalue weighted by molar-refractivity contribution is -0.259. The summed E-state index contributed by atoms with van der Waals surface area (Å²) in [5.74, 6) is 0.316. The van der Waals surface area contributed by atoms with E-state index in [4.69, 9.17) is 9.47 Å². The van der Waals surface area contributed by atoms with E-state index in [-0.39, 0.29) is 40.7 Å². The number of hydrogen-bond donors (Lipinski definition) is 1. The minimum Gasteiger partial charge on any atom is -0.462 e. The van der Waals surface area contributed by atoms with Crippen LogP contribution in [0, 0.1) is 28.6 Å². The molecule has 31 heavy (non-hydrogen) atoms. The van der Waals surface area contributed by atoms with Crippen LogP contribution < -0.4 is 0 Å². The van der Waals surface area contributed by atoms with Crippen LogP contribution in [0.1, 0.15) is 91.9 Å².